The molecule has 0 aliphatic heterocycles. The summed E-state index contributed by atoms with van der Waals surface area (Å²) in [7, 11) is 0. The Morgan fingerprint density at radius 1 is 1.29 bits per heavy atom. The molecule has 3 atom stereocenters. The summed E-state index contributed by atoms with van der Waals surface area (Å²) in [5.74, 6) is -1.42. The third-order valence-corrected chi connectivity index (χ3v) is 2.28. The van der Waals surface area contributed by atoms with Crippen LogP contribution in [0.25, 0.3) is 0 Å². The fourth-order valence-electron chi connectivity index (χ4n) is 1.18. The Balaban J connectivity index is 4.24. The molecular weight excluding hydrogens is 184 g/mol. The molecule has 0 radical (unpaired) electrons. The average molecular weight is 202 g/mol. The highest BCUT2D eigenvalue weighted by atomic mass is 16.3. The van der Waals surface area contributed by atoms with Crippen molar-refractivity contribution in [1.82, 2.24) is 0 Å². The quantitative estimate of drug-likeness (QED) is 0.451. The second-order valence-corrected chi connectivity index (χ2v) is 3.78. The molecule has 0 spiro atoms. The molecule has 4 nitrogen and oxygen atoms in total. The van der Waals surface area contributed by atoms with Crippen LogP contribution in [0.2, 0.25) is 0 Å². The smallest absolute Gasteiger partial charge is 0.143 e. The van der Waals surface area contributed by atoms with Crippen molar-refractivity contribution in [3.8, 4) is 0 Å². The maximum Gasteiger partial charge on any atom is 0.143 e. The second kappa shape index (κ2) is 6.68. The van der Waals surface area contributed by atoms with Gasteiger partial charge in [-0.1, -0.05) is 13.8 Å². The summed E-state index contributed by atoms with van der Waals surface area (Å²) in [5.41, 5.74) is 0. The summed E-state index contributed by atoms with van der Waals surface area (Å²) < 4.78 is 0. The number of ketones is 1. The standard InChI is InChI=1S/C10H18O4/c1-7(4-11)3-10(14)9(6-13)8(2)5-12/h6-9,11-12H,3-5H2,1-2H3. The number of rotatable bonds is 7. The number of aldehydes is 1. The largest absolute Gasteiger partial charge is 0.396 e. The van der Waals surface area contributed by atoms with E-state index in [1.807, 2.05) is 0 Å². The first-order chi connectivity index (χ1) is 6.56. The van der Waals surface area contributed by atoms with Crippen LogP contribution in [0.5, 0.6) is 0 Å². The second-order valence-electron chi connectivity index (χ2n) is 3.78. The normalized spacial score (nSPS) is 17.1. The van der Waals surface area contributed by atoms with E-state index < -0.39 is 5.92 Å². The molecule has 3 unspecified atom stereocenters. The van der Waals surface area contributed by atoms with E-state index in [9.17, 15) is 9.59 Å². The zero-order chi connectivity index (χ0) is 11.1. The van der Waals surface area contributed by atoms with E-state index in [-0.39, 0.29) is 37.3 Å². The lowest BCUT2D eigenvalue weighted by atomic mass is 9.88. The van der Waals surface area contributed by atoms with Gasteiger partial charge < -0.3 is 15.0 Å². The van der Waals surface area contributed by atoms with Crippen molar-refractivity contribution in [1.29, 1.82) is 0 Å². The van der Waals surface area contributed by atoms with Gasteiger partial charge in [0, 0.05) is 19.6 Å². The minimum absolute atomic E-state index is 0.0647. The third-order valence-electron chi connectivity index (χ3n) is 2.28. The van der Waals surface area contributed by atoms with Crippen LogP contribution in [0.3, 0.4) is 0 Å². The SMILES string of the molecule is CC(CO)CC(=O)C(C=O)C(C)CO. The lowest BCUT2D eigenvalue weighted by molar-refractivity contribution is -0.130. The van der Waals surface area contributed by atoms with E-state index >= 15 is 0 Å². The van der Waals surface area contributed by atoms with Gasteiger partial charge in [-0.3, -0.25) is 4.79 Å². The number of carbonyl (C=O) groups excluding carboxylic acids is 2. The van der Waals surface area contributed by atoms with Crippen molar-refractivity contribution in [3.05, 3.63) is 0 Å². The van der Waals surface area contributed by atoms with Gasteiger partial charge in [0.15, 0.2) is 0 Å². The van der Waals surface area contributed by atoms with E-state index in [2.05, 4.69) is 0 Å². The molecule has 0 aromatic heterocycles. The first-order valence-corrected chi connectivity index (χ1v) is 4.76. The monoisotopic (exact) mass is 202 g/mol. The van der Waals surface area contributed by atoms with Crippen LogP contribution in [0.15, 0.2) is 0 Å². The molecule has 2 N–H and O–H groups in total. The van der Waals surface area contributed by atoms with Gasteiger partial charge in [0.05, 0.1) is 5.92 Å². The fourth-order valence-corrected chi connectivity index (χ4v) is 1.18. The topological polar surface area (TPSA) is 74.6 Å². The summed E-state index contributed by atoms with van der Waals surface area (Å²) in [6.45, 7) is 3.15. The minimum atomic E-state index is -0.742. The maximum atomic E-state index is 11.5. The van der Waals surface area contributed by atoms with Gasteiger partial charge in [-0.05, 0) is 11.8 Å². The maximum absolute atomic E-state index is 11.5. The Kier molecular flexibility index (Phi) is 6.32. The first kappa shape index (κ1) is 13.3. The lowest BCUT2D eigenvalue weighted by Gasteiger charge is -2.16. The summed E-state index contributed by atoms with van der Waals surface area (Å²) in [6, 6.07) is 0. The molecule has 0 aliphatic carbocycles. The summed E-state index contributed by atoms with van der Waals surface area (Å²) in [4.78, 5) is 22.1. The van der Waals surface area contributed by atoms with Crippen molar-refractivity contribution in [2.24, 2.45) is 17.8 Å². The highest BCUT2D eigenvalue weighted by Gasteiger charge is 2.24. The molecule has 0 saturated carbocycles. The van der Waals surface area contributed by atoms with Gasteiger partial charge in [-0.2, -0.15) is 0 Å². The zero-order valence-corrected chi connectivity index (χ0v) is 8.64. The first-order valence-electron chi connectivity index (χ1n) is 4.76. The fraction of sp³-hybridized carbons (Fsp3) is 0.800. The number of hydrogen-bond donors (Lipinski definition) is 2. The van der Waals surface area contributed by atoms with Crippen LogP contribution >= 0.6 is 0 Å². The number of aliphatic hydroxyl groups excluding tert-OH is 2. The summed E-state index contributed by atoms with van der Waals surface area (Å²) >= 11 is 0. The Hall–Kier alpha value is -0.740. The van der Waals surface area contributed by atoms with Crippen molar-refractivity contribution >= 4 is 12.1 Å². The highest BCUT2D eigenvalue weighted by molar-refractivity contribution is 5.93. The van der Waals surface area contributed by atoms with Gasteiger partial charge in [0.2, 0.25) is 0 Å². The molecule has 14 heavy (non-hydrogen) atoms. The van der Waals surface area contributed by atoms with Crippen molar-refractivity contribution in [2.75, 3.05) is 13.2 Å². The molecule has 0 bridgehead atoms. The van der Waals surface area contributed by atoms with Gasteiger partial charge in [-0.15, -0.1) is 0 Å². The van der Waals surface area contributed by atoms with Crippen LogP contribution in [0.1, 0.15) is 20.3 Å². The predicted octanol–water partition coefficient (Wildman–Crippen LogP) is 0.0175. The molecule has 0 fully saturated rings. The van der Waals surface area contributed by atoms with Crippen LogP contribution in [-0.2, 0) is 9.59 Å². The molecule has 0 amide bonds. The number of aliphatic hydroxyl groups is 2. The van der Waals surface area contributed by atoms with Crippen LogP contribution in [0.4, 0.5) is 0 Å². The van der Waals surface area contributed by atoms with Gasteiger partial charge in [0.25, 0.3) is 0 Å². The Morgan fingerprint density at radius 3 is 2.21 bits per heavy atom. The van der Waals surface area contributed by atoms with Gasteiger partial charge in [-0.25, -0.2) is 0 Å². The third kappa shape index (κ3) is 3.98. The Morgan fingerprint density at radius 2 is 1.86 bits per heavy atom. The van der Waals surface area contributed by atoms with E-state index in [4.69, 9.17) is 10.2 Å². The number of Topliss-reactive ketones (excluding diaryl/α,β-unsaturated/α-hetero) is 1. The van der Waals surface area contributed by atoms with E-state index in [1.54, 1.807) is 13.8 Å². The van der Waals surface area contributed by atoms with E-state index in [0.29, 0.717) is 6.29 Å². The summed E-state index contributed by atoms with van der Waals surface area (Å²) in [6.07, 6.45) is 0.761. The predicted molar refractivity (Wildman–Crippen MR) is 51.7 cm³/mol. The average Bonchev–Trinajstić information content (AvgIpc) is 2.18. The molecule has 4 heteroatoms. The molecule has 0 aromatic rings. The molecule has 0 aliphatic rings. The number of hydrogen-bond acceptors (Lipinski definition) is 4. The molecule has 0 rings (SSSR count). The molecule has 0 saturated heterocycles. The molecular formula is C10H18O4. The number of carbonyl (C=O) groups is 2. The highest BCUT2D eigenvalue weighted by Crippen LogP contribution is 2.14. The Labute approximate surface area is 83.9 Å². The Bertz CT molecular complexity index is 191. The van der Waals surface area contributed by atoms with Gasteiger partial charge >= 0.3 is 0 Å². The van der Waals surface area contributed by atoms with E-state index in [1.165, 1.54) is 0 Å². The van der Waals surface area contributed by atoms with Crippen molar-refractivity contribution in [3.63, 3.8) is 0 Å². The van der Waals surface area contributed by atoms with Crippen LogP contribution in [0, 0.1) is 17.8 Å². The van der Waals surface area contributed by atoms with Gasteiger partial charge in [0.1, 0.15) is 12.1 Å². The zero-order valence-electron chi connectivity index (χ0n) is 8.64. The lowest BCUT2D eigenvalue weighted by Crippen LogP contribution is -2.27. The van der Waals surface area contributed by atoms with Crippen LogP contribution in [-0.4, -0.2) is 35.5 Å². The minimum Gasteiger partial charge on any atom is -0.396 e. The molecule has 0 heterocycles. The van der Waals surface area contributed by atoms with Crippen molar-refractivity contribution in [2.45, 2.75) is 20.3 Å². The van der Waals surface area contributed by atoms with Crippen molar-refractivity contribution < 1.29 is 19.8 Å². The molecule has 82 valence electrons. The molecule has 0 aromatic carbocycles. The summed E-state index contributed by atoms with van der Waals surface area (Å²) in [5, 5.41) is 17.6. The van der Waals surface area contributed by atoms with E-state index in [0.717, 1.165) is 0 Å². The van der Waals surface area contributed by atoms with Crippen LogP contribution < -0.4 is 0 Å².